The van der Waals surface area contributed by atoms with E-state index in [2.05, 4.69) is 11.1 Å². The molecule has 0 saturated carbocycles. The van der Waals surface area contributed by atoms with Gasteiger partial charge < -0.3 is 0 Å². The minimum Gasteiger partial charge on any atom is -0.256 e. The number of nitrogens with zero attached hydrogens (tertiary/aromatic N) is 1. The predicted molar refractivity (Wildman–Crippen MR) is 131 cm³/mol. The molecule has 31 heavy (non-hydrogen) atoms. The van der Waals surface area contributed by atoms with Gasteiger partial charge in [-0.05, 0) is 57.9 Å². The topological polar surface area (TPSA) is 12.9 Å². The Morgan fingerprint density at radius 2 is 1.10 bits per heavy atom. The Morgan fingerprint density at radius 1 is 0.516 bits per heavy atom. The quantitative estimate of drug-likeness (QED) is 0.297. The molecule has 1 heterocycles. The van der Waals surface area contributed by atoms with Crippen molar-refractivity contribution in [2.75, 3.05) is 0 Å². The Labute approximate surface area is 187 Å². The maximum Gasteiger partial charge on any atom is 0.0708 e. The Morgan fingerprint density at radius 3 is 1.81 bits per heavy atom. The minimum absolute atomic E-state index is 0.358. The first kappa shape index (κ1) is 15.8. The molecule has 0 bridgehead atoms. The maximum absolute atomic E-state index is 8.13. The molecule has 0 unspecified atom stereocenters. The third kappa shape index (κ3) is 4.04. The van der Waals surface area contributed by atoms with Crippen LogP contribution < -0.4 is 0 Å². The van der Waals surface area contributed by atoms with Gasteiger partial charge in [-0.3, -0.25) is 4.98 Å². The average molecular weight is 401 g/mol. The standard InChI is InChI=1S/C30H23N/c1-22-20-27(23-8-4-2-5-9-23)16-17-29(22)25-14-12-24(13-15-25)28-18-19-31-30(21-28)26-10-6-3-7-11-26/h2-21H,1H3/i1D3. The van der Waals surface area contributed by atoms with Gasteiger partial charge in [-0.2, -0.15) is 0 Å². The van der Waals surface area contributed by atoms with Crippen molar-refractivity contribution in [2.24, 2.45) is 0 Å². The van der Waals surface area contributed by atoms with E-state index >= 15 is 0 Å². The van der Waals surface area contributed by atoms with Crippen LogP contribution >= 0.6 is 0 Å². The van der Waals surface area contributed by atoms with Gasteiger partial charge in [-0.25, -0.2) is 0 Å². The van der Waals surface area contributed by atoms with E-state index in [0.29, 0.717) is 5.56 Å². The summed E-state index contributed by atoms with van der Waals surface area (Å²) in [6.45, 7) is -2.21. The van der Waals surface area contributed by atoms with Crippen molar-refractivity contribution in [1.82, 2.24) is 4.98 Å². The summed E-state index contributed by atoms with van der Waals surface area (Å²) in [6, 6.07) is 37.8. The number of hydrogen-bond donors (Lipinski definition) is 0. The van der Waals surface area contributed by atoms with Crippen LogP contribution in [0.25, 0.3) is 44.6 Å². The first-order chi connectivity index (χ1) is 16.5. The van der Waals surface area contributed by atoms with Crippen molar-refractivity contribution in [2.45, 2.75) is 6.85 Å². The van der Waals surface area contributed by atoms with Crippen LogP contribution in [0.2, 0.25) is 0 Å². The second-order valence-corrected chi connectivity index (χ2v) is 7.50. The zero-order chi connectivity index (χ0) is 23.5. The lowest BCUT2D eigenvalue weighted by atomic mass is 9.94. The molecule has 1 nitrogen and oxygen atoms in total. The summed E-state index contributed by atoms with van der Waals surface area (Å²) in [5.41, 5.74) is 7.98. The fourth-order valence-electron chi connectivity index (χ4n) is 3.83. The van der Waals surface area contributed by atoms with Gasteiger partial charge in [0.2, 0.25) is 0 Å². The van der Waals surface area contributed by atoms with Crippen molar-refractivity contribution >= 4 is 0 Å². The van der Waals surface area contributed by atoms with E-state index < -0.39 is 6.85 Å². The van der Waals surface area contributed by atoms with E-state index in [1.165, 1.54) is 0 Å². The van der Waals surface area contributed by atoms with E-state index in [0.717, 1.165) is 44.6 Å². The van der Waals surface area contributed by atoms with Gasteiger partial charge >= 0.3 is 0 Å². The Balaban J connectivity index is 1.50. The van der Waals surface area contributed by atoms with Crippen molar-refractivity contribution < 1.29 is 4.11 Å². The molecule has 0 atom stereocenters. The molecule has 0 aliphatic heterocycles. The molecule has 4 aromatic carbocycles. The number of pyridine rings is 1. The summed E-state index contributed by atoms with van der Waals surface area (Å²) >= 11 is 0. The molecule has 0 radical (unpaired) electrons. The second-order valence-electron chi connectivity index (χ2n) is 7.50. The average Bonchev–Trinajstić information content (AvgIpc) is 2.89. The maximum atomic E-state index is 8.13. The number of hydrogen-bond acceptors (Lipinski definition) is 1. The van der Waals surface area contributed by atoms with Crippen LogP contribution in [0.15, 0.2) is 121 Å². The van der Waals surface area contributed by atoms with Gasteiger partial charge in [-0.1, -0.05) is 103 Å². The van der Waals surface area contributed by atoms with Crippen LogP contribution in [-0.2, 0) is 0 Å². The molecule has 148 valence electrons. The highest BCUT2D eigenvalue weighted by Gasteiger charge is 2.07. The molecule has 0 N–H and O–H groups in total. The van der Waals surface area contributed by atoms with Crippen molar-refractivity contribution in [1.29, 1.82) is 0 Å². The third-order valence-corrected chi connectivity index (χ3v) is 5.49. The molecular formula is C30H23N. The summed E-state index contributed by atoms with van der Waals surface area (Å²) in [6.07, 6.45) is 1.82. The summed E-state index contributed by atoms with van der Waals surface area (Å²) in [5.74, 6) is 0. The third-order valence-electron chi connectivity index (χ3n) is 5.49. The lowest BCUT2D eigenvalue weighted by Crippen LogP contribution is -1.87. The first-order valence-electron chi connectivity index (χ1n) is 11.8. The van der Waals surface area contributed by atoms with E-state index in [9.17, 15) is 0 Å². The smallest absolute Gasteiger partial charge is 0.0708 e. The largest absolute Gasteiger partial charge is 0.256 e. The Hall–Kier alpha value is -3.97. The van der Waals surface area contributed by atoms with Crippen LogP contribution in [0.1, 0.15) is 9.68 Å². The van der Waals surface area contributed by atoms with Crippen molar-refractivity contribution in [3.8, 4) is 44.6 Å². The first-order valence-corrected chi connectivity index (χ1v) is 10.3. The summed E-state index contributed by atoms with van der Waals surface area (Å²) in [7, 11) is 0. The van der Waals surface area contributed by atoms with Crippen LogP contribution in [-0.4, -0.2) is 4.98 Å². The highest BCUT2D eigenvalue weighted by atomic mass is 14.7. The van der Waals surface area contributed by atoms with Gasteiger partial charge in [-0.15, -0.1) is 0 Å². The predicted octanol–water partition coefficient (Wildman–Crippen LogP) is 8.06. The SMILES string of the molecule is [2H]C([2H])([2H])c1cc(-c2ccccc2)ccc1-c1ccc(-c2ccnc(-c3ccccc3)c2)cc1. The van der Waals surface area contributed by atoms with E-state index in [-0.39, 0.29) is 0 Å². The van der Waals surface area contributed by atoms with Crippen LogP contribution in [0.3, 0.4) is 0 Å². The number of benzene rings is 4. The molecule has 1 heteroatoms. The molecule has 0 aliphatic carbocycles. The second kappa shape index (κ2) is 8.41. The van der Waals surface area contributed by atoms with E-state index in [4.69, 9.17) is 4.11 Å². The zero-order valence-electron chi connectivity index (χ0n) is 20.0. The van der Waals surface area contributed by atoms with Gasteiger partial charge in [0.1, 0.15) is 0 Å². The molecule has 5 aromatic rings. The molecule has 0 amide bonds. The summed E-state index contributed by atoms with van der Waals surface area (Å²) in [5, 5.41) is 0. The minimum atomic E-state index is -2.21. The fourth-order valence-corrected chi connectivity index (χ4v) is 3.83. The van der Waals surface area contributed by atoms with Crippen LogP contribution in [0.4, 0.5) is 0 Å². The molecule has 1 aromatic heterocycles. The summed E-state index contributed by atoms with van der Waals surface area (Å²) in [4.78, 5) is 4.51. The molecule has 0 spiro atoms. The van der Waals surface area contributed by atoms with Gasteiger partial charge in [0.15, 0.2) is 0 Å². The normalized spacial score (nSPS) is 12.6. The van der Waals surface area contributed by atoms with Crippen molar-refractivity contribution in [3.05, 3.63) is 127 Å². The lowest BCUT2D eigenvalue weighted by molar-refractivity contribution is 1.33. The number of aryl methyl sites for hydroxylation is 1. The van der Waals surface area contributed by atoms with Gasteiger partial charge in [0, 0.05) is 15.9 Å². The highest BCUT2D eigenvalue weighted by Crippen LogP contribution is 2.31. The molecule has 5 rings (SSSR count). The monoisotopic (exact) mass is 400 g/mol. The van der Waals surface area contributed by atoms with E-state index in [1.54, 1.807) is 6.07 Å². The number of rotatable bonds is 4. The Bertz CT molecular complexity index is 1410. The molecular weight excluding hydrogens is 374 g/mol. The van der Waals surface area contributed by atoms with Gasteiger partial charge in [0.25, 0.3) is 0 Å². The van der Waals surface area contributed by atoms with Crippen LogP contribution in [0, 0.1) is 6.85 Å². The summed E-state index contributed by atoms with van der Waals surface area (Å²) < 4.78 is 24.4. The molecule has 0 aliphatic rings. The van der Waals surface area contributed by atoms with E-state index in [1.807, 2.05) is 109 Å². The number of aromatic nitrogens is 1. The molecule has 0 fully saturated rings. The van der Waals surface area contributed by atoms with Crippen molar-refractivity contribution in [3.63, 3.8) is 0 Å². The van der Waals surface area contributed by atoms with Crippen LogP contribution in [0.5, 0.6) is 0 Å². The lowest BCUT2D eigenvalue weighted by Gasteiger charge is -2.11. The molecule has 0 saturated heterocycles. The van der Waals surface area contributed by atoms with Gasteiger partial charge in [0.05, 0.1) is 5.69 Å². The highest BCUT2D eigenvalue weighted by molar-refractivity contribution is 5.76. The zero-order valence-corrected chi connectivity index (χ0v) is 17.0. The Kier molecular flexibility index (Phi) is 4.29. The fraction of sp³-hybridized carbons (Fsp3) is 0.0333.